The second kappa shape index (κ2) is 9.97. The molecule has 3 unspecified atom stereocenters. The van der Waals surface area contributed by atoms with E-state index in [1.165, 1.54) is 24.3 Å². The Bertz CT molecular complexity index is 1170. The summed E-state index contributed by atoms with van der Waals surface area (Å²) in [7, 11) is -1.62. The Hall–Kier alpha value is -2.20. The summed E-state index contributed by atoms with van der Waals surface area (Å²) >= 11 is 17.9. The number of anilines is 1. The van der Waals surface area contributed by atoms with Crippen LogP contribution in [0, 0.1) is 0 Å². The molecule has 1 heterocycles. The van der Waals surface area contributed by atoms with E-state index in [-0.39, 0.29) is 39.4 Å². The lowest BCUT2D eigenvalue weighted by Crippen LogP contribution is -2.41. The maximum atomic E-state index is 12.7. The predicted molar refractivity (Wildman–Crippen MR) is 131 cm³/mol. The van der Waals surface area contributed by atoms with Crippen molar-refractivity contribution in [3.63, 3.8) is 0 Å². The minimum Gasteiger partial charge on any atom is -0.508 e. The van der Waals surface area contributed by atoms with Crippen molar-refractivity contribution < 1.29 is 19.5 Å². The molecule has 0 bridgehead atoms. The van der Waals surface area contributed by atoms with Crippen LogP contribution in [0.15, 0.2) is 59.5 Å². The Labute approximate surface area is 208 Å². The molecule has 0 radical (unpaired) electrons. The third kappa shape index (κ3) is 5.32. The van der Waals surface area contributed by atoms with Gasteiger partial charge in [0.05, 0.1) is 26.7 Å². The highest BCUT2D eigenvalue weighted by molar-refractivity contribution is 7.83. The van der Waals surface area contributed by atoms with Crippen LogP contribution in [0.2, 0.25) is 15.1 Å². The molecule has 3 aromatic carbocycles. The summed E-state index contributed by atoms with van der Waals surface area (Å²) in [6.07, 6.45) is 0.628. The van der Waals surface area contributed by atoms with Gasteiger partial charge in [-0.3, -0.25) is 5.01 Å². The van der Waals surface area contributed by atoms with Crippen molar-refractivity contribution in [1.29, 1.82) is 0 Å². The molecule has 3 aromatic rings. The second-order valence-electron chi connectivity index (χ2n) is 7.52. The quantitative estimate of drug-likeness (QED) is 0.312. The summed E-state index contributed by atoms with van der Waals surface area (Å²) in [4.78, 5) is 0.336. The molecule has 1 fully saturated rings. The predicted octanol–water partition coefficient (Wildman–Crippen LogP) is 4.90. The van der Waals surface area contributed by atoms with Crippen molar-refractivity contribution in [2.45, 2.75) is 23.4 Å². The van der Waals surface area contributed by atoms with Crippen LogP contribution in [-0.2, 0) is 11.0 Å². The van der Waals surface area contributed by atoms with Gasteiger partial charge < -0.3 is 15.3 Å². The van der Waals surface area contributed by atoms with Crippen molar-refractivity contribution in [2.75, 3.05) is 11.6 Å². The summed E-state index contributed by atoms with van der Waals surface area (Å²) in [5.41, 5.74) is 4.81. The minimum absolute atomic E-state index is 0.0171. The van der Waals surface area contributed by atoms with Crippen LogP contribution in [0.4, 0.5) is 5.69 Å². The molecule has 1 saturated heterocycles. The fraction of sp³-hybridized carbons (Fsp3) is 0.182. The van der Waals surface area contributed by atoms with Gasteiger partial charge in [0, 0.05) is 23.7 Å². The van der Waals surface area contributed by atoms with E-state index in [9.17, 15) is 19.5 Å². The van der Waals surface area contributed by atoms with Gasteiger partial charge in [-0.2, -0.15) is 0 Å². The van der Waals surface area contributed by atoms with E-state index in [4.69, 9.17) is 34.8 Å². The molecule has 0 aliphatic carbocycles. The molecular weight excluding hydrogens is 509 g/mol. The SMILES string of the molecule is O=S(NCC1CC(c2ccc(Cl)cc2)N(c2ccc(O)cc2O)N1)c1cc(Cl)c(O)c(Cl)c1. The van der Waals surface area contributed by atoms with Gasteiger partial charge in [-0.25, -0.2) is 14.4 Å². The first-order valence-electron chi connectivity index (χ1n) is 9.89. The fourth-order valence-electron chi connectivity index (χ4n) is 3.68. The first kappa shape index (κ1) is 23.9. The van der Waals surface area contributed by atoms with Crippen molar-refractivity contribution in [3.05, 3.63) is 75.2 Å². The molecule has 174 valence electrons. The molecule has 0 saturated carbocycles. The number of benzene rings is 3. The number of nitrogens with one attached hydrogen (secondary N) is 2. The standard InChI is InChI=1S/C22H20Cl3N3O4S/c23-13-3-1-12(2-4-13)20-7-14(27-28(20)19-6-5-15(29)8-21(19)30)11-26-33(32)16-9-17(24)22(31)18(25)10-16/h1-6,8-10,14,20,26-27,29-31H,7,11H2. The van der Waals surface area contributed by atoms with Gasteiger partial charge >= 0.3 is 0 Å². The average Bonchev–Trinajstić information content (AvgIpc) is 3.20. The topological polar surface area (TPSA) is 105 Å². The van der Waals surface area contributed by atoms with Crippen molar-refractivity contribution in [1.82, 2.24) is 10.1 Å². The van der Waals surface area contributed by atoms with E-state index < -0.39 is 11.0 Å². The number of phenols is 3. The minimum atomic E-state index is -1.62. The molecule has 1 aliphatic heterocycles. The lowest BCUT2D eigenvalue weighted by molar-refractivity contribution is 0.447. The molecule has 0 aromatic heterocycles. The number of phenolic OH excluding ortho intramolecular Hbond substituents is 3. The number of hydrogen-bond donors (Lipinski definition) is 5. The van der Waals surface area contributed by atoms with Crippen molar-refractivity contribution in [3.8, 4) is 17.2 Å². The average molecular weight is 529 g/mol. The molecular formula is C22H20Cl3N3O4S. The zero-order chi connectivity index (χ0) is 23.7. The third-order valence-corrected chi connectivity index (χ3v) is 7.20. The maximum absolute atomic E-state index is 12.7. The van der Waals surface area contributed by atoms with Gasteiger partial charge in [0.2, 0.25) is 0 Å². The number of aromatic hydroxyl groups is 3. The molecule has 0 amide bonds. The van der Waals surface area contributed by atoms with E-state index in [2.05, 4.69) is 10.1 Å². The summed E-state index contributed by atoms with van der Waals surface area (Å²) in [6.45, 7) is 0.322. The van der Waals surface area contributed by atoms with Gasteiger partial charge in [-0.1, -0.05) is 46.9 Å². The molecule has 3 atom stereocenters. The van der Waals surface area contributed by atoms with Gasteiger partial charge in [0.25, 0.3) is 0 Å². The molecule has 33 heavy (non-hydrogen) atoms. The number of halogens is 3. The summed E-state index contributed by atoms with van der Waals surface area (Å²) in [5, 5.41) is 32.3. The first-order valence-corrected chi connectivity index (χ1v) is 12.2. The van der Waals surface area contributed by atoms with Crippen LogP contribution in [-0.4, -0.2) is 32.1 Å². The van der Waals surface area contributed by atoms with Crippen LogP contribution in [0.5, 0.6) is 17.2 Å². The summed E-state index contributed by atoms with van der Waals surface area (Å²) in [6, 6.07) is 14.3. The zero-order valence-corrected chi connectivity index (χ0v) is 20.1. The Balaban J connectivity index is 1.53. The number of hydrazine groups is 1. The monoisotopic (exact) mass is 527 g/mol. The molecule has 4 rings (SSSR count). The number of rotatable bonds is 6. The van der Waals surface area contributed by atoms with E-state index >= 15 is 0 Å². The Morgan fingerprint density at radius 3 is 2.30 bits per heavy atom. The Kier molecular flexibility index (Phi) is 7.23. The van der Waals surface area contributed by atoms with Crippen LogP contribution in [0.25, 0.3) is 0 Å². The lowest BCUT2D eigenvalue weighted by atomic mass is 10.0. The second-order valence-corrected chi connectivity index (χ2v) is 10.1. The van der Waals surface area contributed by atoms with E-state index in [0.717, 1.165) is 5.56 Å². The number of nitrogens with zero attached hydrogens (tertiary/aromatic N) is 1. The maximum Gasteiger partial charge on any atom is 0.152 e. The van der Waals surface area contributed by atoms with E-state index in [1.807, 2.05) is 17.1 Å². The smallest absolute Gasteiger partial charge is 0.152 e. The zero-order valence-electron chi connectivity index (χ0n) is 17.0. The lowest BCUT2D eigenvalue weighted by Gasteiger charge is -2.27. The van der Waals surface area contributed by atoms with Gasteiger partial charge in [0.1, 0.15) is 22.5 Å². The van der Waals surface area contributed by atoms with E-state index in [1.54, 1.807) is 18.2 Å². The molecule has 0 spiro atoms. The summed E-state index contributed by atoms with van der Waals surface area (Å²) in [5.74, 6) is -0.378. The Morgan fingerprint density at radius 2 is 1.67 bits per heavy atom. The molecule has 1 aliphatic rings. The molecule has 11 heteroatoms. The van der Waals surface area contributed by atoms with Crippen molar-refractivity contribution >= 4 is 51.5 Å². The van der Waals surface area contributed by atoms with Crippen LogP contribution in [0.3, 0.4) is 0 Å². The normalized spacial score (nSPS) is 19.1. The third-order valence-electron chi connectivity index (χ3n) is 5.28. The highest BCUT2D eigenvalue weighted by atomic mass is 35.5. The highest BCUT2D eigenvalue weighted by Crippen LogP contribution is 2.40. The largest absolute Gasteiger partial charge is 0.508 e. The number of hydrogen-bond acceptors (Lipinski definition) is 6. The Morgan fingerprint density at radius 1 is 1.00 bits per heavy atom. The van der Waals surface area contributed by atoms with Crippen LogP contribution in [0.1, 0.15) is 18.0 Å². The highest BCUT2D eigenvalue weighted by Gasteiger charge is 2.34. The molecule has 5 N–H and O–H groups in total. The van der Waals surface area contributed by atoms with Crippen LogP contribution < -0.4 is 15.2 Å². The van der Waals surface area contributed by atoms with Crippen LogP contribution >= 0.6 is 34.8 Å². The molecule has 7 nitrogen and oxygen atoms in total. The van der Waals surface area contributed by atoms with Gasteiger partial charge in [0.15, 0.2) is 5.75 Å². The fourth-order valence-corrected chi connectivity index (χ4v) is 5.39. The van der Waals surface area contributed by atoms with Gasteiger partial charge in [-0.05, 0) is 48.4 Å². The summed E-state index contributed by atoms with van der Waals surface area (Å²) < 4.78 is 15.7. The first-order chi connectivity index (χ1) is 15.7. The van der Waals surface area contributed by atoms with Gasteiger partial charge in [-0.15, -0.1) is 0 Å². The van der Waals surface area contributed by atoms with E-state index in [0.29, 0.717) is 28.6 Å². The van der Waals surface area contributed by atoms with Crippen molar-refractivity contribution in [2.24, 2.45) is 0 Å².